The lowest BCUT2D eigenvalue weighted by molar-refractivity contribution is 0.623. The third kappa shape index (κ3) is 3.46. The van der Waals surface area contributed by atoms with Gasteiger partial charge in [-0.05, 0) is 37.5 Å². The highest BCUT2D eigenvalue weighted by Crippen LogP contribution is 2.19. The molecule has 2 nitrogen and oxygen atoms in total. The molecule has 1 aromatic rings. The molecule has 0 aliphatic heterocycles. The molecule has 1 rings (SSSR count). The molecule has 3 N–H and O–H groups in total. The van der Waals surface area contributed by atoms with Crippen LogP contribution in [0.15, 0.2) is 18.2 Å². The molecule has 2 heteroatoms. The summed E-state index contributed by atoms with van der Waals surface area (Å²) in [6, 6.07) is 6.76. The minimum atomic E-state index is 0.567. The summed E-state index contributed by atoms with van der Waals surface area (Å²) >= 11 is 0. The minimum Gasteiger partial charge on any atom is -0.398 e. The average Bonchev–Trinajstić information content (AvgIpc) is 2.23. The maximum Gasteiger partial charge on any atom is 0.0364 e. The Hall–Kier alpha value is -1.18. The van der Waals surface area contributed by atoms with Crippen molar-refractivity contribution in [2.45, 2.75) is 46.1 Å². The van der Waals surface area contributed by atoms with E-state index in [2.05, 4.69) is 31.3 Å². The van der Waals surface area contributed by atoms with Crippen LogP contribution in [0.5, 0.6) is 0 Å². The van der Waals surface area contributed by atoms with Crippen LogP contribution in [0.1, 0.15) is 38.7 Å². The number of anilines is 2. The molecule has 0 saturated heterocycles. The van der Waals surface area contributed by atoms with E-state index in [1.807, 2.05) is 13.0 Å². The Morgan fingerprint density at radius 1 is 1.33 bits per heavy atom. The molecule has 0 heterocycles. The van der Waals surface area contributed by atoms with Gasteiger partial charge in [-0.25, -0.2) is 0 Å². The monoisotopic (exact) mass is 206 g/mol. The molecule has 0 fully saturated rings. The molecule has 84 valence electrons. The van der Waals surface area contributed by atoms with Crippen molar-refractivity contribution in [3.05, 3.63) is 23.8 Å². The summed E-state index contributed by atoms with van der Waals surface area (Å²) in [5.74, 6) is 0. The van der Waals surface area contributed by atoms with Gasteiger partial charge in [0.15, 0.2) is 0 Å². The SMILES string of the molecule is CCCC(CC)Nc1ccc(C)c(N)c1. The van der Waals surface area contributed by atoms with Gasteiger partial charge in [0.05, 0.1) is 0 Å². The minimum absolute atomic E-state index is 0.567. The summed E-state index contributed by atoms with van der Waals surface area (Å²) in [5.41, 5.74) is 9.02. The van der Waals surface area contributed by atoms with Crippen molar-refractivity contribution in [1.29, 1.82) is 0 Å². The third-order valence-corrected chi connectivity index (χ3v) is 2.78. The Bertz CT molecular complexity index is 307. The summed E-state index contributed by atoms with van der Waals surface area (Å²) in [6.45, 7) is 6.46. The maximum absolute atomic E-state index is 5.87. The Balaban J connectivity index is 2.66. The van der Waals surface area contributed by atoms with E-state index in [0.29, 0.717) is 6.04 Å². The van der Waals surface area contributed by atoms with Crippen molar-refractivity contribution in [2.75, 3.05) is 11.1 Å². The molecule has 0 bridgehead atoms. The molecule has 0 aromatic heterocycles. The molecule has 0 aliphatic carbocycles. The Kier molecular flexibility index (Phi) is 4.47. The molecule has 0 aliphatic rings. The molecule has 0 radical (unpaired) electrons. The second-order valence-corrected chi connectivity index (χ2v) is 4.11. The van der Waals surface area contributed by atoms with Gasteiger partial charge in [0, 0.05) is 17.4 Å². The number of nitrogens with two attached hydrogens (primary N) is 1. The summed E-state index contributed by atoms with van der Waals surface area (Å²) in [5, 5.41) is 3.52. The smallest absolute Gasteiger partial charge is 0.0364 e. The van der Waals surface area contributed by atoms with E-state index in [9.17, 15) is 0 Å². The number of rotatable bonds is 5. The van der Waals surface area contributed by atoms with Gasteiger partial charge in [-0.2, -0.15) is 0 Å². The first-order valence-electron chi connectivity index (χ1n) is 5.80. The van der Waals surface area contributed by atoms with Gasteiger partial charge in [-0.15, -0.1) is 0 Å². The van der Waals surface area contributed by atoms with Crippen LogP contribution in [0.3, 0.4) is 0 Å². The van der Waals surface area contributed by atoms with Crippen LogP contribution in [0, 0.1) is 6.92 Å². The van der Waals surface area contributed by atoms with Crippen LogP contribution in [0.25, 0.3) is 0 Å². The number of hydrogen-bond acceptors (Lipinski definition) is 2. The van der Waals surface area contributed by atoms with Crippen molar-refractivity contribution in [2.24, 2.45) is 0 Å². The lowest BCUT2D eigenvalue weighted by atomic mass is 10.1. The number of hydrogen-bond donors (Lipinski definition) is 2. The number of aryl methyl sites for hydroxylation is 1. The molecular weight excluding hydrogens is 184 g/mol. The van der Waals surface area contributed by atoms with Crippen LogP contribution in [0.4, 0.5) is 11.4 Å². The Labute approximate surface area is 92.9 Å². The highest BCUT2D eigenvalue weighted by molar-refractivity contribution is 5.58. The molecule has 15 heavy (non-hydrogen) atoms. The second-order valence-electron chi connectivity index (χ2n) is 4.11. The summed E-state index contributed by atoms with van der Waals surface area (Å²) < 4.78 is 0. The zero-order valence-corrected chi connectivity index (χ0v) is 10.0. The van der Waals surface area contributed by atoms with Gasteiger partial charge in [-0.3, -0.25) is 0 Å². The third-order valence-electron chi connectivity index (χ3n) is 2.78. The number of benzene rings is 1. The van der Waals surface area contributed by atoms with Crippen LogP contribution in [-0.4, -0.2) is 6.04 Å². The topological polar surface area (TPSA) is 38.0 Å². The molecule has 1 atom stereocenters. The van der Waals surface area contributed by atoms with Gasteiger partial charge in [0.2, 0.25) is 0 Å². The number of nitrogens with one attached hydrogen (secondary N) is 1. The lowest BCUT2D eigenvalue weighted by Gasteiger charge is -2.18. The van der Waals surface area contributed by atoms with E-state index in [-0.39, 0.29) is 0 Å². The normalized spacial score (nSPS) is 12.5. The first-order valence-corrected chi connectivity index (χ1v) is 5.80. The van der Waals surface area contributed by atoms with Gasteiger partial charge >= 0.3 is 0 Å². The molecule has 1 unspecified atom stereocenters. The quantitative estimate of drug-likeness (QED) is 0.723. The van der Waals surface area contributed by atoms with Crippen LogP contribution < -0.4 is 11.1 Å². The first-order chi connectivity index (χ1) is 7.17. The zero-order valence-electron chi connectivity index (χ0n) is 10.0. The van der Waals surface area contributed by atoms with E-state index >= 15 is 0 Å². The predicted octanol–water partition coefficient (Wildman–Crippen LogP) is 3.57. The average molecular weight is 206 g/mol. The standard InChI is InChI=1S/C13H22N2/c1-4-6-11(5-2)15-12-8-7-10(3)13(14)9-12/h7-9,11,15H,4-6,14H2,1-3H3. The van der Waals surface area contributed by atoms with Gasteiger partial charge in [0.25, 0.3) is 0 Å². The van der Waals surface area contributed by atoms with Gasteiger partial charge in [-0.1, -0.05) is 26.3 Å². The lowest BCUT2D eigenvalue weighted by Crippen LogP contribution is -2.17. The fourth-order valence-corrected chi connectivity index (χ4v) is 1.69. The molecule has 0 amide bonds. The van der Waals surface area contributed by atoms with Crippen molar-refractivity contribution < 1.29 is 0 Å². The summed E-state index contributed by atoms with van der Waals surface area (Å²) in [6.07, 6.45) is 3.58. The van der Waals surface area contributed by atoms with Crippen molar-refractivity contribution >= 4 is 11.4 Å². The Morgan fingerprint density at radius 3 is 2.60 bits per heavy atom. The van der Waals surface area contributed by atoms with E-state index in [0.717, 1.165) is 23.4 Å². The van der Waals surface area contributed by atoms with Crippen LogP contribution in [-0.2, 0) is 0 Å². The molecule has 0 saturated carbocycles. The van der Waals surface area contributed by atoms with Crippen LogP contribution >= 0.6 is 0 Å². The van der Waals surface area contributed by atoms with Crippen molar-refractivity contribution in [1.82, 2.24) is 0 Å². The molecule has 0 spiro atoms. The molecule has 1 aromatic carbocycles. The van der Waals surface area contributed by atoms with Gasteiger partial charge in [0.1, 0.15) is 0 Å². The largest absolute Gasteiger partial charge is 0.398 e. The number of nitrogen functional groups attached to an aromatic ring is 1. The Morgan fingerprint density at radius 2 is 2.07 bits per heavy atom. The highest BCUT2D eigenvalue weighted by Gasteiger charge is 2.05. The first kappa shape index (κ1) is 11.9. The fraction of sp³-hybridized carbons (Fsp3) is 0.538. The highest BCUT2D eigenvalue weighted by atomic mass is 14.9. The van der Waals surface area contributed by atoms with E-state index in [1.54, 1.807) is 0 Å². The van der Waals surface area contributed by atoms with Crippen molar-refractivity contribution in [3.63, 3.8) is 0 Å². The van der Waals surface area contributed by atoms with E-state index < -0.39 is 0 Å². The predicted molar refractivity (Wildman–Crippen MR) is 68.2 cm³/mol. The van der Waals surface area contributed by atoms with E-state index in [1.165, 1.54) is 12.8 Å². The zero-order chi connectivity index (χ0) is 11.3. The summed E-state index contributed by atoms with van der Waals surface area (Å²) in [4.78, 5) is 0. The second kappa shape index (κ2) is 5.64. The van der Waals surface area contributed by atoms with E-state index in [4.69, 9.17) is 5.73 Å². The summed E-state index contributed by atoms with van der Waals surface area (Å²) in [7, 11) is 0. The fourth-order valence-electron chi connectivity index (χ4n) is 1.69. The van der Waals surface area contributed by atoms with Crippen molar-refractivity contribution in [3.8, 4) is 0 Å². The maximum atomic E-state index is 5.87. The van der Waals surface area contributed by atoms with Gasteiger partial charge < -0.3 is 11.1 Å². The molecular formula is C13H22N2. The van der Waals surface area contributed by atoms with Crippen LogP contribution in [0.2, 0.25) is 0 Å².